The van der Waals surface area contributed by atoms with Crippen LogP contribution in [-0.4, -0.2) is 24.3 Å². The Labute approximate surface area is 91.7 Å². The molecule has 1 atom stereocenters. The van der Waals surface area contributed by atoms with Crippen LogP contribution in [0, 0.1) is 0 Å². The lowest BCUT2D eigenvalue weighted by atomic mass is 10.3. The fourth-order valence-corrected chi connectivity index (χ4v) is 2.43. The van der Waals surface area contributed by atoms with Crippen LogP contribution in [0.3, 0.4) is 0 Å². The van der Waals surface area contributed by atoms with Crippen molar-refractivity contribution in [2.45, 2.75) is 12.5 Å². The average molecular weight is 221 g/mol. The maximum atomic E-state index is 5.87. The summed E-state index contributed by atoms with van der Waals surface area (Å²) in [6, 6.07) is 6.04. The Morgan fingerprint density at radius 1 is 1.47 bits per heavy atom. The molecule has 0 amide bonds. The van der Waals surface area contributed by atoms with Crippen LogP contribution in [0.1, 0.15) is 6.42 Å². The van der Waals surface area contributed by atoms with E-state index in [-0.39, 0.29) is 6.10 Å². The quantitative estimate of drug-likeness (QED) is 0.780. The van der Waals surface area contributed by atoms with Crippen LogP contribution in [0.5, 0.6) is 5.75 Å². The number of nitrogens with zero attached hydrogens (tertiary/aromatic N) is 1. The van der Waals surface area contributed by atoms with Crippen LogP contribution >= 0.6 is 11.3 Å². The number of ether oxygens (including phenoxy) is 2. The van der Waals surface area contributed by atoms with Crippen molar-refractivity contribution < 1.29 is 9.47 Å². The van der Waals surface area contributed by atoms with Crippen molar-refractivity contribution in [1.29, 1.82) is 0 Å². The van der Waals surface area contributed by atoms with Crippen LogP contribution in [-0.2, 0) is 4.74 Å². The van der Waals surface area contributed by atoms with Gasteiger partial charge in [0, 0.05) is 6.42 Å². The Bertz CT molecular complexity index is 462. The van der Waals surface area contributed by atoms with Gasteiger partial charge < -0.3 is 9.47 Å². The predicted molar refractivity (Wildman–Crippen MR) is 59.5 cm³/mol. The Hall–Kier alpha value is -1.13. The number of hydrogen-bond donors (Lipinski definition) is 0. The van der Waals surface area contributed by atoms with E-state index in [4.69, 9.17) is 9.47 Å². The molecule has 0 aliphatic carbocycles. The highest BCUT2D eigenvalue weighted by atomic mass is 32.1. The van der Waals surface area contributed by atoms with Gasteiger partial charge in [0.2, 0.25) is 0 Å². The molecular formula is C11H11NO2S. The first-order valence-electron chi connectivity index (χ1n) is 5.00. The molecule has 0 spiro atoms. The van der Waals surface area contributed by atoms with E-state index in [0.717, 1.165) is 24.3 Å². The van der Waals surface area contributed by atoms with Gasteiger partial charge in [0.25, 0.3) is 0 Å². The van der Waals surface area contributed by atoms with Gasteiger partial charge in [-0.15, -0.1) is 11.3 Å². The summed E-state index contributed by atoms with van der Waals surface area (Å²) in [4.78, 5) is 4.31. The Balaban J connectivity index is 1.92. The number of rotatable bonds is 2. The molecule has 3 rings (SSSR count). The van der Waals surface area contributed by atoms with Gasteiger partial charge in [0.15, 0.2) is 0 Å². The molecule has 0 radical (unpaired) electrons. The highest BCUT2D eigenvalue weighted by molar-refractivity contribution is 7.16. The fourth-order valence-electron chi connectivity index (χ4n) is 1.74. The predicted octanol–water partition coefficient (Wildman–Crippen LogP) is 2.46. The molecule has 2 heterocycles. The molecule has 1 aromatic heterocycles. The molecule has 0 bridgehead atoms. The molecule has 15 heavy (non-hydrogen) atoms. The van der Waals surface area contributed by atoms with E-state index in [9.17, 15) is 0 Å². The van der Waals surface area contributed by atoms with E-state index in [1.54, 1.807) is 11.3 Å². The van der Waals surface area contributed by atoms with E-state index in [1.807, 2.05) is 17.6 Å². The second kappa shape index (κ2) is 3.79. The molecule has 78 valence electrons. The van der Waals surface area contributed by atoms with Gasteiger partial charge in [0.1, 0.15) is 17.4 Å². The third kappa shape index (κ3) is 1.70. The van der Waals surface area contributed by atoms with Crippen molar-refractivity contribution in [1.82, 2.24) is 4.98 Å². The van der Waals surface area contributed by atoms with Gasteiger partial charge >= 0.3 is 0 Å². The van der Waals surface area contributed by atoms with E-state index >= 15 is 0 Å². The van der Waals surface area contributed by atoms with Gasteiger partial charge in [-0.05, 0) is 12.1 Å². The molecule has 0 unspecified atom stereocenters. The molecule has 1 aliphatic rings. The summed E-state index contributed by atoms with van der Waals surface area (Å²) in [6.07, 6.45) is 1.16. The summed E-state index contributed by atoms with van der Waals surface area (Å²) in [7, 11) is 0. The van der Waals surface area contributed by atoms with Crippen LogP contribution in [0.2, 0.25) is 0 Å². The summed E-state index contributed by atoms with van der Waals surface area (Å²) < 4.78 is 12.3. The Kier molecular flexibility index (Phi) is 2.31. The highest BCUT2D eigenvalue weighted by Gasteiger charge is 2.18. The Morgan fingerprint density at radius 3 is 3.33 bits per heavy atom. The summed E-state index contributed by atoms with van der Waals surface area (Å²) in [5.41, 5.74) is 2.82. The molecule has 1 aromatic carbocycles. The van der Waals surface area contributed by atoms with Crippen molar-refractivity contribution in [2.24, 2.45) is 0 Å². The van der Waals surface area contributed by atoms with Crippen LogP contribution in [0.4, 0.5) is 0 Å². The minimum absolute atomic E-state index is 0.192. The Morgan fingerprint density at radius 2 is 2.47 bits per heavy atom. The SMILES string of the molecule is c1cc(O[C@@H]2CCOC2)c2ncsc2c1. The first-order chi connectivity index (χ1) is 7.43. The van der Waals surface area contributed by atoms with Crippen molar-refractivity contribution in [3.8, 4) is 5.75 Å². The summed E-state index contributed by atoms with van der Waals surface area (Å²) >= 11 is 1.64. The summed E-state index contributed by atoms with van der Waals surface area (Å²) in [5, 5.41) is 0. The first-order valence-corrected chi connectivity index (χ1v) is 5.88. The zero-order valence-electron chi connectivity index (χ0n) is 8.18. The number of thiazole rings is 1. The van der Waals surface area contributed by atoms with Gasteiger partial charge in [-0.1, -0.05) is 6.07 Å². The lowest BCUT2D eigenvalue weighted by Crippen LogP contribution is -2.15. The van der Waals surface area contributed by atoms with Crippen LogP contribution < -0.4 is 4.74 Å². The number of para-hydroxylation sites is 1. The standard InChI is InChI=1S/C11H11NO2S/c1-2-9(14-8-4-5-13-6-8)11-10(3-1)15-7-12-11/h1-3,7-8H,4-6H2/t8-/m1/s1. The summed E-state index contributed by atoms with van der Waals surface area (Å²) in [5.74, 6) is 0.879. The monoisotopic (exact) mass is 221 g/mol. The van der Waals surface area contributed by atoms with E-state index in [1.165, 1.54) is 4.70 Å². The van der Waals surface area contributed by atoms with Gasteiger partial charge in [-0.3, -0.25) is 0 Å². The van der Waals surface area contributed by atoms with Crippen LogP contribution in [0.15, 0.2) is 23.7 Å². The summed E-state index contributed by atoms with van der Waals surface area (Å²) in [6.45, 7) is 1.50. The highest BCUT2D eigenvalue weighted by Crippen LogP contribution is 2.28. The smallest absolute Gasteiger partial charge is 0.146 e. The molecular weight excluding hydrogens is 210 g/mol. The minimum atomic E-state index is 0.192. The molecule has 1 fully saturated rings. The van der Waals surface area contributed by atoms with Crippen molar-refractivity contribution in [3.05, 3.63) is 23.7 Å². The number of aromatic nitrogens is 1. The second-order valence-corrected chi connectivity index (χ2v) is 4.45. The van der Waals surface area contributed by atoms with Crippen molar-refractivity contribution >= 4 is 21.6 Å². The zero-order chi connectivity index (χ0) is 10.1. The van der Waals surface area contributed by atoms with Crippen molar-refractivity contribution in [2.75, 3.05) is 13.2 Å². The molecule has 4 heteroatoms. The van der Waals surface area contributed by atoms with E-state index in [0.29, 0.717) is 6.61 Å². The van der Waals surface area contributed by atoms with Crippen LogP contribution in [0.25, 0.3) is 10.2 Å². The van der Waals surface area contributed by atoms with Gasteiger partial charge in [-0.2, -0.15) is 0 Å². The van der Waals surface area contributed by atoms with E-state index in [2.05, 4.69) is 11.1 Å². The average Bonchev–Trinajstić information content (AvgIpc) is 2.87. The number of benzene rings is 1. The van der Waals surface area contributed by atoms with Gasteiger partial charge in [0.05, 0.1) is 23.4 Å². The topological polar surface area (TPSA) is 31.4 Å². The molecule has 3 nitrogen and oxygen atoms in total. The molecule has 0 N–H and O–H groups in total. The number of hydrogen-bond acceptors (Lipinski definition) is 4. The maximum absolute atomic E-state index is 5.87. The first kappa shape index (κ1) is 9.12. The third-order valence-electron chi connectivity index (χ3n) is 2.51. The van der Waals surface area contributed by atoms with Gasteiger partial charge in [-0.25, -0.2) is 4.98 Å². The van der Waals surface area contributed by atoms with Crippen molar-refractivity contribution in [3.63, 3.8) is 0 Å². The second-order valence-electron chi connectivity index (χ2n) is 3.56. The normalized spacial score (nSPS) is 20.9. The molecule has 1 saturated heterocycles. The lowest BCUT2D eigenvalue weighted by Gasteiger charge is -2.11. The molecule has 2 aromatic rings. The maximum Gasteiger partial charge on any atom is 0.146 e. The minimum Gasteiger partial charge on any atom is -0.486 e. The molecule has 1 aliphatic heterocycles. The molecule has 0 saturated carbocycles. The lowest BCUT2D eigenvalue weighted by molar-refractivity contribution is 0.142. The number of fused-ring (bicyclic) bond motifs is 1. The van der Waals surface area contributed by atoms with E-state index < -0.39 is 0 Å². The largest absolute Gasteiger partial charge is 0.486 e. The zero-order valence-corrected chi connectivity index (χ0v) is 9.00. The fraction of sp³-hybridized carbons (Fsp3) is 0.364. The third-order valence-corrected chi connectivity index (χ3v) is 3.30.